The monoisotopic (exact) mass is 283 g/mol. The van der Waals surface area contributed by atoms with Crippen molar-refractivity contribution in [2.24, 2.45) is 0 Å². The molecule has 0 amide bonds. The first-order chi connectivity index (χ1) is 9.05. The molecular formula is C14H18FNO2S. The maximum absolute atomic E-state index is 13.6. The van der Waals surface area contributed by atoms with Gasteiger partial charge in [-0.1, -0.05) is 12.1 Å². The average molecular weight is 283 g/mol. The van der Waals surface area contributed by atoms with Crippen molar-refractivity contribution in [2.45, 2.75) is 36.2 Å². The first-order valence-electron chi connectivity index (χ1n) is 6.28. The SMILES string of the molecule is COC(=O)C(C)(CSc1ccccc1F)NC1CC1. The van der Waals surface area contributed by atoms with Gasteiger partial charge in [-0.05, 0) is 31.9 Å². The molecule has 0 aliphatic heterocycles. The maximum Gasteiger partial charge on any atom is 0.326 e. The highest BCUT2D eigenvalue weighted by atomic mass is 32.2. The lowest BCUT2D eigenvalue weighted by Gasteiger charge is -2.27. The van der Waals surface area contributed by atoms with Gasteiger partial charge in [0, 0.05) is 16.7 Å². The number of hydrogen-bond acceptors (Lipinski definition) is 4. The minimum absolute atomic E-state index is 0.258. The highest BCUT2D eigenvalue weighted by Crippen LogP contribution is 2.29. The second-order valence-electron chi connectivity index (χ2n) is 4.96. The smallest absolute Gasteiger partial charge is 0.326 e. The maximum atomic E-state index is 13.6. The molecule has 0 radical (unpaired) electrons. The van der Waals surface area contributed by atoms with Gasteiger partial charge in [0.25, 0.3) is 0 Å². The molecule has 1 aliphatic rings. The summed E-state index contributed by atoms with van der Waals surface area (Å²) in [4.78, 5) is 12.5. The number of ether oxygens (including phenoxy) is 1. The predicted molar refractivity (Wildman–Crippen MR) is 73.7 cm³/mol. The number of carbonyl (C=O) groups is 1. The zero-order chi connectivity index (χ0) is 13.9. The fraction of sp³-hybridized carbons (Fsp3) is 0.500. The Morgan fingerprint density at radius 3 is 2.79 bits per heavy atom. The van der Waals surface area contributed by atoms with Crippen molar-refractivity contribution in [3.05, 3.63) is 30.1 Å². The van der Waals surface area contributed by atoms with Crippen LogP contribution in [0.4, 0.5) is 4.39 Å². The second kappa shape index (κ2) is 5.92. The molecule has 104 valence electrons. The van der Waals surface area contributed by atoms with Gasteiger partial charge in [-0.25, -0.2) is 4.39 Å². The van der Waals surface area contributed by atoms with Gasteiger partial charge in [-0.2, -0.15) is 0 Å². The lowest BCUT2D eigenvalue weighted by atomic mass is 10.1. The van der Waals surface area contributed by atoms with E-state index in [9.17, 15) is 9.18 Å². The summed E-state index contributed by atoms with van der Waals surface area (Å²) in [5.74, 6) is -0.119. The van der Waals surface area contributed by atoms with Crippen molar-refractivity contribution < 1.29 is 13.9 Å². The number of halogens is 1. The number of rotatable bonds is 6. The van der Waals surface area contributed by atoms with Gasteiger partial charge in [-0.15, -0.1) is 11.8 Å². The molecular weight excluding hydrogens is 265 g/mol. The third kappa shape index (κ3) is 3.70. The van der Waals surface area contributed by atoms with Crippen LogP contribution in [0.2, 0.25) is 0 Å². The molecule has 3 nitrogen and oxygen atoms in total. The Kier molecular flexibility index (Phi) is 4.47. The molecule has 0 heterocycles. The van der Waals surface area contributed by atoms with E-state index in [1.807, 2.05) is 6.92 Å². The van der Waals surface area contributed by atoms with Gasteiger partial charge in [0.15, 0.2) is 0 Å². The van der Waals surface area contributed by atoms with Crippen molar-refractivity contribution in [2.75, 3.05) is 12.9 Å². The van der Waals surface area contributed by atoms with Crippen LogP contribution in [-0.4, -0.2) is 30.4 Å². The average Bonchev–Trinajstić information content (AvgIpc) is 3.20. The Hall–Kier alpha value is -1.07. The molecule has 19 heavy (non-hydrogen) atoms. The quantitative estimate of drug-likeness (QED) is 0.643. The second-order valence-corrected chi connectivity index (χ2v) is 5.98. The summed E-state index contributed by atoms with van der Waals surface area (Å²) in [5, 5.41) is 3.29. The third-order valence-corrected chi connectivity index (χ3v) is 4.45. The normalized spacial score (nSPS) is 17.8. The van der Waals surface area contributed by atoms with Crippen LogP contribution < -0.4 is 5.32 Å². The molecule has 1 unspecified atom stereocenters. The Balaban J connectivity index is 2.03. The molecule has 1 fully saturated rings. The number of methoxy groups -OCH3 is 1. The van der Waals surface area contributed by atoms with Crippen LogP contribution >= 0.6 is 11.8 Å². The van der Waals surface area contributed by atoms with E-state index in [0.29, 0.717) is 16.7 Å². The van der Waals surface area contributed by atoms with Crippen molar-refractivity contribution in [1.82, 2.24) is 5.32 Å². The minimum atomic E-state index is -0.775. The van der Waals surface area contributed by atoms with Crippen LogP contribution in [0.25, 0.3) is 0 Å². The topological polar surface area (TPSA) is 38.3 Å². The highest BCUT2D eigenvalue weighted by molar-refractivity contribution is 7.99. The Morgan fingerprint density at radius 1 is 1.53 bits per heavy atom. The molecule has 0 aromatic heterocycles. The summed E-state index contributed by atoms with van der Waals surface area (Å²) in [6, 6.07) is 6.96. The Bertz CT molecular complexity index is 465. The van der Waals surface area contributed by atoms with E-state index in [1.165, 1.54) is 24.9 Å². The highest BCUT2D eigenvalue weighted by Gasteiger charge is 2.39. The number of carbonyl (C=O) groups excluding carboxylic acids is 1. The van der Waals surface area contributed by atoms with Crippen LogP contribution in [0.1, 0.15) is 19.8 Å². The van der Waals surface area contributed by atoms with Crippen molar-refractivity contribution in [3.8, 4) is 0 Å². The zero-order valence-corrected chi connectivity index (χ0v) is 11.9. The largest absolute Gasteiger partial charge is 0.468 e. The first-order valence-corrected chi connectivity index (χ1v) is 7.27. The van der Waals surface area contributed by atoms with E-state index < -0.39 is 5.54 Å². The van der Waals surface area contributed by atoms with E-state index in [2.05, 4.69) is 5.32 Å². The van der Waals surface area contributed by atoms with Crippen LogP contribution in [0.15, 0.2) is 29.2 Å². The Morgan fingerprint density at radius 2 is 2.21 bits per heavy atom. The summed E-state index contributed by atoms with van der Waals surface area (Å²) < 4.78 is 18.4. The zero-order valence-electron chi connectivity index (χ0n) is 11.1. The molecule has 1 N–H and O–H groups in total. The number of nitrogens with one attached hydrogen (secondary N) is 1. The molecule has 1 aliphatic carbocycles. The van der Waals surface area contributed by atoms with Gasteiger partial charge in [-0.3, -0.25) is 10.1 Å². The molecule has 1 aromatic carbocycles. The summed E-state index contributed by atoms with van der Waals surface area (Å²) in [5.41, 5.74) is -0.775. The third-order valence-electron chi connectivity index (χ3n) is 3.09. The van der Waals surface area contributed by atoms with Gasteiger partial charge < -0.3 is 4.74 Å². The van der Waals surface area contributed by atoms with Crippen molar-refractivity contribution in [1.29, 1.82) is 0 Å². The number of benzene rings is 1. The summed E-state index contributed by atoms with van der Waals surface area (Å²) in [6.07, 6.45) is 2.16. The van der Waals surface area contributed by atoms with Crippen LogP contribution in [0, 0.1) is 5.82 Å². The summed E-state index contributed by atoms with van der Waals surface area (Å²) in [6.45, 7) is 1.81. The molecule has 1 atom stereocenters. The summed E-state index contributed by atoms with van der Waals surface area (Å²) >= 11 is 1.33. The van der Waals surface area contributed by atoms with Gasteiger partial charge in [0.2, 0.25) is 0 Å². The fourth-order valence-corrected chi connectivity index (χ4v) is 2.87. The van der Waals surface area contributed by atoms with Crippen molar-refractivity contribution in [3.63, 3.8) is 0 Å². The first kappa shape index (κ1) is 14.3. The lowest BCUT2D eigenvalue weighted by Crippen LogP contribution is -2.53. The van der Waals surface area contributed by atoms with Gasteiger partial charge >= 0.3 is 5.97 Å². The molecule has 5 heteroatoms. The fourth-order valence-electron chi connectivity index (χ4n) is 1.85. The van der Waals surface area contributed by atoms with E-state index in [4.69, 9.17) is 4.74 Å². The molecule has 1 aromatic rings. The van der Waals surface area contributed by atoms with E-state index >= 15 is 0 Å². The number of hydrogen-bond donors (Lipinski definition) is 1. The summed E-state index contributed by atoms with van der Waals surface area (Å²) in [7, 11) is 1.38. The number of esters is 1. The Labute approximate surface area is 116 Å². The van der Waals surface area contributed by atoms with Crippen LogP contribution in [0.3, 0.4) is 0 Å². The van der Waals surface area contributed by atoms with Gasteiger partial charge in [0.05, 0.1) is 7.11 Å². The molecule has 0 saturated heterocycles. The van der Waals surface area contributed by atoms with Gasteiger partial charge in [0.1, 0.15) is 11.4 Å². The van der Waals surface area contributed by atoms with E-state index in [1.54, 1.807) is 18.2 Å². The molecule has 0 spiro atoms. The van der Waals surface area contributed by atoms with E-state index in [-0.39, 0.29) is 11.8 Å². The standard InChI is InChI=1S/C14H18FNO2S/c1-14(13(17)18-2,16-10-7-8-10)9-19-12-6-4-3-5-11(12)15/h3-6,10,16H,7-9H2,1-2H3. The molecule has 2 rings (SSSR count). The molecule has 0 bridgehead atoms. The predicted octanol–water partition coefficient (Wildman–Crippen LogP) is 2.60. The minimum Gasteiger partial charge on any atom is -0.468 e. The molecule has 1 saturated carbocycles. The number of thioether (sulfide) groups is 1. The van der Waals surface area contributed by atoms with E-state index in [0.717, 1.165) is 12.8 Å². The van der Waals surface area contributed by atoms with Crippen LogP contribution in [0.5, 0.6) is 0 Å². The lowest BCUT2D eigenvalue weighted by molar-refractivity contribution is -0.147. The van der Waals surface area contributed by atoms with Crippen LogP contribution in [-0.2, 0) is 9.53 Å². The van der Waals surface area contributed by atoms with Crippen molar-refractivity contribution >= 4 is 17.7 Å².